The Morgan fingerprint density at radius 3 is 2.31 bits per heavy atom. The maximum absolute atomic E-state index is 5.58. The molecule has 140 valence electrons. The molecule has 0 aromatic heterocycles. The van der Waals surface area contributed by atoms with Crippen LogP contribution in [0.1, 0.15) is 48.1 Å². The van der Waals surface area contributed by atoms with Crippen LogP contribution < -0.4 is 19.5 Å². The highest BCUT2D eigenvalue weighted by atomic mass is 16.5. The molecule has 1 atom stereocenters. The second-order valence-electron chi connectivity index (χ2n) is 6.83. The number of hydrogen-bond donors (Lipinski definition) is 1. The summed E-state index contributed by atoms with van der Waals surface area (Å²) >= 11 is 0. The molecular formula is C22H29NO3. The number of benzene rings is 2. The van der Waals surface area contributed by atoms with Crippen molar-refractivity contribution < 1.29 is 14.2 Å². The lowest BCUT2D eigenvalue weighted by Gasteiger charge is -2.21. The number of methoxy groups -OCH3 is 3. The van der Waals surface area contributed by atoms with Crippen molar-refractivity contribution in [1.29, 1.82) is 0 Å². The van der Waals surface area contributed by atoms with Crippen molar-refractivity contribution in [2.24, 2.45) is 0 Å². The number of ether oxygens (including phenoxy) is 3. The molecule has 3 rings (SSSR count). The number of hydrogen-bond acceptors (Lipinski definition) is 4. The molecule has 1 N–H and O–H groups in total. The molecule has 0 fully saturated rings. The van der Waals surface area contributed by atoms with Gasteiger partial charge in [0.1, 0.15) is 0 Å². The van der Waals surface area contributed by atoms with Crippen LogP contribution in [0.4, 0.5) is 0 Å². The molecule has 0 radical (unpaired) electrons. The van der Waals surface area contributed by atoms with E-state index >= 15 is 0 Å². The minimum atomic E-state index is 0.264. The Bertz CT molecular complexity index is 757. The van der Waals surface area contributed by atoms with E-state index in [-0.39, 0.29) is 6.04 Å². The van der Waals surface area contributed by atoms with Crippen LogP contribution >= 0.6 is 0 Å². The molecule has 0 aliphatic heterocycles. The first-order valence-corrected chi connectivity index (χ1v) is 9.30. The molecule has 0 saturated heterocycles. The molecule has 4 heteroatoms. The summed E-state index contributed by atoms with van der Waals surface area (Å²) in [6, 6.07) is 11.1. The summed E-state index contributed by atoms with van der Waals surface area (Å²) in [5.74, 6) is 2.03. The Hall–Kier alpha value is -2.20. The fraction of sp³-hybridized carbons (Fsp3) is 0.455. The maximum Gasteiger partial charge on any atom is 0.203 e. The number of nitrogens with one attached hydrogen (secondary N) is 1. The van der Waals surface area contributed by atoms with Gasteiger partial charge in [0, 0.05) is 18.2 Å². The van der Waals surface area contributed by atoms with E-state index in [2.05, 4.69) is 30.4 Å². The molecule has 0 bridgehead atoms. The minimum Gasteiger partial charge on any atom is -0.493 e. The van der Waals surface area contributed by atoms with E-state index in [9.17, 15) is 0 Å². The highest BCUT2D eigenvalue weighted by Gasteiger charge is 2.17. The number of rotatable bonds is 7. The van der Waals surface area contributed by atoms with Gasteiger partial charge < -0.3 is 19.5 Å². The zero-order valence-corrected chi connectivity index (χ0v) is 16.2. The third-order valence-electron chi connectivity index (χ3n) is 5.26. The first-order chi connectivity index (χ1) is 12.7. The molecular weight excluding hydrogens is 326 g/mol. The Morgan fingerprint density at radius 1 is 0.885 bits per heavy atom. The van der Waals surface area contributed by atoms with Crippen LogP contribution in [0.15, 0.2) is 30.3 Å². The Balaban J connectivity index is 1.74. The summed E-state index contributed by atoms with van der Waals surface area (Å²) in [7, 11) is 4.93. The molecule has 2 aromatic rings. The van der Waals surface area contributed by atoms with Crippen molar-refractivity contribution in [3.8, 4) is 17.2 Å². The maximum atomic E-state index is 5.58. The van der Waals surface area contributed by atoms with Crippen LogP contribution in [-0.2, 0) is 19.4 Å². The van der Waals surface area contributed by atoms with Gasteiger partial charge in [0.25, 0.3) is 0 Å². The van der Waals surface area contributed by atoms with Crippen molar-refractivity contribution in [2.75, 3.05) is 21.3 Å². The van der Waals surface area contributed by atoms with Crippen molar-refractivity contribution in [3.05, 3.63) is 52.6 Å². The SMILES string of the molecule is COc1ccc(CN[C@H](C)c2ccc3c(c2)CCCC3)c(OC)c1OC. The van der Waals surface area contributed by atoms with Crippen molar-refractivity contribution in [2.45, 2.75) is 45.2 Å². The standard InChI is InChI=1S/C22H29NO3/c1-15(17-10-9-16-7-5-6-8-18(16)13-17)23-14-19-11-12-20(24-2)22(26-4)21(19)25-3/h9-13,15,23H,5-8,14H2,1-4H3/t15-/m1/s1. The molecule has 2 aromatic carbocycles. The van der Waals surface area contributed by atoms with Crippen molar-refractivity contribution >= 4 is 0 Å². The van der Waals surface area contributed by atoms with Crippen LogP contribution in [0.2, 0.25) is 0 Å². The van der Waals surface area contributed by atoms with Gasteiger partial charge in [0.15, 0.2) is 11.5 Å². The lowest BCUT2D eigenvalue weighted by molar-refractivity contribution is 0.321. The molecule has 0 amide bonds. The minimum absolute atomic E-state index is 0.264. The second kappa shape index (κ2) is 8.45. The quantitative estimate of drug-likeness (QED) is 0.797. The van der Waals surface area contributed by atoms with E-state index < -0.39 is 0 Å². The van der Waals surface area contributed by atoms with E-state index in [4.69, 9.17) is 14.2 Å². The van der Waals surface area contributed by atoms with Crippen molar-refractivity contribution in [1.82, 2.24) is 5.32 Å². The van der Waals surface area contributed by atoms with E-state index in [1.165, 1.54) is 42.4 Å². The predicted octanol–water partition coefficient (Wildman–Crippen LogP) is 4.44. The fourth-order valence-corrected chi connectivity index (χ4v) is 3.71. The van der Waals surface area contributed by atoms with Gasteiger partial charge in [0.2, 0.25) is 5.75 Å². The largest absolute Gasteiger partial charge is 0.493 e. The smallest absolute Gasteiger partial charge is 0.203 e. The second-order valence-corrected chi connectivity index (χ2v) is 6.83. The zero-order chi connectivity index (χ0) is 18.5. The summed E-state index contributed by atoms with van der Waals surface area (Å²) in [6.45, 7) is 2.90. The average Bonchev–Trinajstić information content (AvgIpc) is 2.70. The fourth-order valence-electron chi connectivity index (χ4n) is 3.71. The van der Waals surface area contributed by atoms with E-state index in [0.29, 0.717) is 18.0 Å². The summed E-state index contributed by atoms with van der Waals surface area (Å²) in [6.07, 6.45) is 5.06. The molecule has 0 heterocycles. The van der Waals surface area contributed by atoms with E-state index in [0.717, 1.165) is 11.3 Å². The van der Waals surface area contributed by atoms with Gasteiger partial charge in [-0.05, 0) is 55.4 Å². The van der Waals surface area contributed by atoms with Crippen LogP contribution in [0.3, 0.4) is 0 Å². The van der Waals surface area contributed by atoms with Gasteiger partial charge in [-0.15, -0.1) is 0 Å². The summed E-state index contributed by atoms with van der Waals surface area (Å²) in [4.78, 5) is 0. The van der Waals surface area contributed by atoms with Crippen molar-refractivity contribution in [3.63, 3.8) is 0 Å². The van der Waals surface area contributed by atoms with Gasteiger partial charge in [-0.1, -0.05) is 24.3 Å². The lowest BCUT2D eigenvalue weighted by atomic mass is 9.89. The van der Waals surface area contributed by atoms with E-state index in [1.54, 1.807) is 21.3 Å². The number of fused-ring (bicyclic) bond motifs is 1. The third-order valence-corrected chi connectivity index (χ3v) is 5.26. The van der Waals surface area contributed by atoms with Crippen LogP contribution in [0, 0.1) is 0 Å². The van der Waals surface area contributed by atoms with Crippen LogP contribution in [0.25, 0.3) is 0 Å². The van der Waals surface area contributed by atoms with Crippen LogP contribution in [0.5, 0.6) is 17.2 Å². The first kappa shape index (κ1) is 18.6. The molecule has 1 aliphatic rings. The van der Waals surface area contributed by atoms with Crippen LogP contribution in [-0.4, -0.2) is 21.3 Å². The van der Waals surface area contributed by atoms with Gasteiger partial charge in [-0.2, -0.15) is 0 Å². The van der Waals surface area contributed by atoms with E-state index in [1.807, 2.05) is 12.1 Å². The summed E-state index contributed by atoms with van der Waals surface area (Å²) in [5, 5.41) is 3.61. The molecule has 0 unspecified atom stereocenters. The molecule has 4 nitrogen and oxygen atoms in total. The highest BCUT2D eigenvalue weighted by Crippen LogP contribution is 2.39. The Labute approximate surface area is 156 Å². The summed E-state index contributed by atoms with van der Waals surface area (Å²) < 4.78 is 16.4. The Morgan fingerprint density at radius 2 is 1.62 bits per heavy atom. The third kappa shape index (κ3) is 3.80. The first-order valence-electron chi connectivity index (χ1n) is 9.30. The van der Waals surface area contributed by atoms with Gasteiger partial charge in [0.05, 0.1) is 21.3 Å². The normalized spacial score (nSPS) is 14.5. The predicted molar refractivity (Wildman–Crippen MR) is 104 cm³/mol. The zero-order valence-electron chi connectivity index (χ0n) is 16.2. The molecule has 0 saturated carbocycles. The summed E-state index contributed by atoms with van der Waals surface area (Å²) in [5.41, 5.74) is 5.43. The topological polar surface area (TPSA) is 39.7 Å². The van der Waals surface area contributed by atoms with Gasteiger partial charge in [-0.3, -0.25) is 0 Å². The molecule has 1 aliphatic carbocycles. The van der Waals surface area contributed by atoms with Gasteiger partial charge in [-0.25, -0.2) is 0 Å². The highest BCUT2D eigenvalue weighted by molar-refractivity contribution is 5.55. The monoisotopic (exact) mass is 355 g/mol. The van der Waals surface area contributed by atoms with Gasteiger partial charge >= 0.3 is 0 Å². The average molecular weight is 355 g/mol. The Kier molecular flexibility index (Phi) is 6.04. The molecule has 26 heavy (non-hydrogen) atoms. The molecule has 0 spiro atoms. The number of aryl methyl sites for hydroxylation is 2. The lowest BCUT2D eigenvalue weighted by Crippen LogP contribution is -2.19.